The zero-order valence-electron chi connectivity index (χ0n) is 24.7. The fraction of sp³-hybridized carbons (Fsp3) is 0.581. The predicted molar refractivity (Wildman–Crippen MR) is 167 cm³/mol. The molecule has 0 heterocycles. The number of hydrogen-bond donors (Lipinski definition) is 0. The first kappa shape index (κ1) is 31.7. The van der Waals surface area contributed by atoms with E-state index in [-0.39, 0.29) is 0 Å². The van der Waals surface area contributed by atoms with Gasteiger partial charge in [0.25, 0.3) is 0 Å². The molecule has 3 nitrogen and oxygen atoms in total. The average molecular weight is 554 g/mol. The van der Waals surface area contributed by atoms with Gasteiger partial charge in [0.1, 0.15) is 0 Å². The maximum absolute atomic E-state index is 9.01. The molecule has 0 radical (unpaired) electrons. The third-order valence-corrected chi connectivity index (χ3v) is 18.4. The number of nitriles is 1. The molecule has 2 rings (SSSR count). The monoisotopic (exact) mass is 553 g/mol. The van der Waals surface area contributed by atoms with Gasteiger partial charge in [0.05, 0.1) is 11.6 Å². The minimum Gasteiger partial charge on any atom is -0.437 e. The topological polar surface area (TPSA) is 42.2 Å². The van der Waals surface area contributed by atoms with Crippen LogP contribution in [0.15, 0.2) is 48.5 Å². The second-order valence-corrected chi connectivity index (χ2v) is 24.7. The molecule has 0 aromatic heterocycles. The molecule has 0 atom stereocenters. The van der Waals surface area contributed by atoms with Crippen LogP contribution < -0.4 is 0 Å². The van der Waals surface area contributed by atoms with Crippen molar-refractivity contribution in [2.45, 2.75) is 116 Å². The summed E-state index contributed by atoms with van der Waals surface area (Å²) in [5.41, 5.74) is 4.38. The largest absolute Gasteiger partial charge is 0.437 e. The van der Waals surface area contributed by atoms with E-state index in [0.29, 0.717) is 5.56 Å². The number of benzene rings is 2. The Kier molecular flexibility index (Phi) is 13.0. The quantitative estimate of drug-likeness (QED) is 0.144. The van der Waals surface area contributed by atoms with Crippen molar-refractivity contribution in [3.05, 3.63) is 59.7 Å². The molecule has 0 bridgehead atoms. The van der Waals surface area contributed by atoms with E-state index in [1.165, 1.54) is 68.5 Å². The SMILES string of the molecule is CCCCCCCCCC[Si](C)(C)O[Si](C)(C)O[Si](C)(C)CCc1ccc(-c2ccc(C#N)cc2)cc1. The molecule has 37 heavy (non-hydrogen) atoms. The Balaban J connectivity index is 1.78. The molecule has 6 heteroatoms. The highest BCUT2D eigenvalue weighted by molar-refractivity contribution is 6.87. The molecule has 0 amide bonds. The minimum absolute atomic E-state index is 0.697. The van der Waals surface area contributed by atoms with Gasteiger partial charge in [-0.3, -0.25) is 0 Å². The number of aryl methyl sites for hydroxylation is 1. The van der Waals surface area contributed by atoms with Crippen molar-refractivity contribution in [3.8, 4) is 17.2 Å². The molecule has 0 saturated heterocycles. The number of unbranched alkanes of at least 4 members (excludes halogenated alkanes) is 7. The maximum atomic E-state index is 9.01. The highest BCUT2D eigenvalue weighted by Crippen LogP contribution is 2.28. The Labute approximate surface area is 231 Å². The van der Waals surface area contributed by atoms with Crippen LogP contribution >= 0.6 is 0 Å². The summed E-state index contributed by atoms with van der Waals surface area (Å²) in [6.45, 7) is 16.3. The third kappa shape index (κ3) is 12.7. The molecular formula is C31H51NO2Si3. The van der Waals surface area contributed by atoms with E-state index in [4.69, 9.17) is 13.5 Å². The van der Waals surface area contributed by atoms with E-state index in [0.717, 1.165) is 18.0 Å². The summed E-state index contributed by atoms with van der Waals surface area (Å²) in [5, 5.41) is 9.01. The molecule has 0 N–H and O–H groups in total. The highest BCUT2D eigenvalue weighted by atomic mass is 28.5. The van der Waals surface area contributed by atoms with Crippen LogP contribution in [-0.4, -0.2) is 25.2 Å². The summed E-state index contributed by atoms with van der Waals surface area (Å²) in [5.74, 6) is 0. The standard InChI is InChI=1S/C31H51NO2Si3/c1-8-9-10-11-12-13-14-15-25-35(2,3)33-37(6,7)34-36(4,5)26-24-28-16-20-30(21-17-28)31-22-18-29(27-32)19-23-31/h16-23H,8-15,24-26H2,1-7H3. The smallest absolute Gasteiger partial charge is 0.311 e. The number of hydrogen-bond acceptors (Lipinski definition) is 3. The molecule has 0 spiro atoms. The van der Waals surface area contributed by atoms with Crippen LogP contribution in [0.2, 0.25) is 51.4 Å². The van der Waals surface area contributed by atoms with E-state index in [1.807, 2.05) is 24.3 Å². The van der Waals surface area contributed by atoms with Gasteiger partial charge >= 0.3 is 8.56 Å². The summed E-state index contributed by atoms with van der Waals surface area (Å²) in [4.78, 5) is 0. The van der Waals surface area contributed by atoms with Gasteiger partial charge < -0.3 is 8.23 Å². The van der Waals surface area contributed by atoms with Gasteiger partial charge in [0.2, 0.25) is 0 Å². The second kappa shape index (κ2) is 15.2. The molecule has 0 fully saturated rings. The van der Waals surface area contributed by atoms with Crippen LogP contribution in [0.4, 0.5) is 0 Å². The summed E-state index contributed by atoms with van der Waals surface area (Å²) >= 11 is 0. The molecular weight excluding hydrogens is 503 g/mol. The Morgan fingerprint density at radius 2 is 1.08 bits per heavy atom. The van der Waals surface area contributed by atoms with Gasteiger partial charge in [-0.2, -0.15) is 5.26 Å². The van der Waals surface area contributed by atoms with Crippen molar-refractivity contribution in [1.29, 1.82) is 5.26 Å². The molecule has 2 aromatic rings. The van der Waals surface area contributed by atoms with E-state index < -0.39 is 25.2 Å². The molecule has 0 aliphatic carbocycles. The first-order valence-corrected chi connectivity index (χ1v) is 23.5. The summed E-state index contributed by atoms with van der Waals surface area (Å²) < 4.78 is 13.7. The van der Waals surface area contributed by atoms with Crippen molar-refractivity contribution >= 4 is 25.2 Å². The summed E-state index contributed by atoms with van der Waals surface area (Å²) in [6, 6.07) is 21.2. The number of nitrogens with zero attached hydrogens (tertiary/aromatic N) is 1. The summed E-state index contributed by atoms with van der Waals surface area (Å²) in [7, 11) is -5.71. The van der Waals surface area contributed by atoms with Gasteiger partial charge in [-0.05, 0) is 86.6 Å². The zero-order valence-corrected chi connectivity index (χ0v) is 27.7. The number of rotatable bonds is 17. The Morgan fingerprint density at radius 1 is 0.622 bits per heavy atom. The van der Waals surface area contributed by atoms with Gasteiger partial charge in [0.15, 0.2) is 16.6 Å². The van der Waals surface area contributed by atoms with Gasteiger partial charge in [-0.1, -0.05) is 94.7 Å². The lowest BCUT2D eigenvalue weighted by molar-refractivity contribution is 0.387. The lowest BCUT2D eigenvalue weighted by atomic mass is 10.0. The molecule has 0 unspecified atom stereocenters. The molecule has 0 aliphatic heterocycles. The van der Waals surface area contributed by atoms with Crippen molar-refractivity contribution in [2.24, 2.45) is 0 Å². The van der Waals surface area contributed by atoms with Crippen molar-refractivity contribution in [3.63, 3.8) is 0 Å². The Hall–Kier alpha value is -1.50. The molecule has 2 aromatic carbocycles. The molecule has 204 valence electrons. The zero-order chi connectivity index (χ0) is 27.4. The fourth-order valence-electron chi connectivity index (χ4n) is 5.18. The second-order valence-electron chi connectivity index (χ2n) is 12.2. The van der Waals surface area contributed by atoms with Crippen molar-refractivity contribution in [1.82, 2.24) is 0 Å². The van der Waals surface area contributed by atoms with E-state index >= 15 is 0 Å². The van der Waals surface area contributed by atoms with Gasteiger partial charge in [0, 0.05) is 0 Å². The highest BCUT2D eigenvalue weighted by Gasteiger charge is 2.39. The predicted octanol–water partition coefficient (Wildman–Crippen LogP) is 10.1. The normalized spacial score (nSPS) is 12.5. The lowest BCUT2D eigenvalue weighted by Crippen LogP contribution is -2.52. The van der Waals surface area contributed by atoms with Crippen LogP contribution in [-0.2, 0) is 14.7 Å². The van der Waals surface area contributed by atoms with Crippen LogP contribution in [0.1, 0.15) is 69.4 Å². The average Bonchev–Trinajstić information content (AvgIpc) is 2.83. The van der Waals surface area contributed by atoms with Crippen molar-refractivity contribution < 1.29 is 8.23 Å². The lowest BCUT2D eigenvalue weighted by Gasteiger charge is -2.39. The van der Waals surface area contributed by atoms with Crippen LogP contribution in [0.3, 0.4) is 0 Å². The van der Waals surface area contributed by atoms with Crippen molar-refractivity contribution in [2.75, 3.05) is 0 Å². The van der Waals surface area contributed by atoms with E-state index in [2.05, 4.69) is 76.5 Å². The maximum Gasteiger partial charge on any atom is 0.311 e. The Morgan fingerprint density at radius 3 is 1.59 bits per heavy atom. The third-order valence-electron chi connectivity index (χ3n) is 6.99. The summed E-state index contributed by atoms with van der Waals surface area (Å²) in [6.07, 6.45) is 12.0. The van der Waals surface area contributed by atoms with Gasteiger partial charge in [-0.25, -0.2) is 0 Å². The molecule has 0 aliphatic rings. The van der Waals surface area contributed by atoms with Crippen LogP contribution in [0.25, 0.3) is 11.1 Å². The first-order chi connectivity index (χ1) is 17.5. The van der Waals surface area contributed by atoms with E-state index in [1.54, 1.807) is 0 Å². The van der Waals surface area contributed by atoms with Crippen LogP contribution in [0.5, 0.6) is 0 Å². The van der Waals surface area contributed by atoms with E-state index in [9.17, 15) is 0 Å². The van der Waals surface area contributed by atoms with Crippen LogP contribution in [0, 0.1) is 11.3 Å². The fourth-order valence-corrected chi connectivity index (χ4v) is 19.2. The Bertz CT molecular complexity index is 963. The molecule has 0 saturated carbocycles. The first-order valence-electron chi connectivity index (χ1n) is 14.5. The minimum atomic E-state index is -2.16. The van der Waals surface area contributed by atoms with Gasteiger partial charge in [-0.15, -0.1) is 0 Å².